The van der Waals surface area contributed by atoms with Crippen LogP contribution in [0.5, 0.6) is 0 Å². The van der Waals surface area contributed by atoms with E-state index in [0.29, 0.717) is 16.3 Å². The Morgan fingerprint density at radius 2 is 1.89 bits per heavy atom. The van der Waals surface area contributed by atoms with Crippen LogP contribution in [0, 0.1) is 0 Å². The van der Waals surface area contributed by atoms with Gasteiger partial charge in [0.05, 0.1) is 11.7 Å². The van der Waals surface area contributed by atoms with Crippen LogP contribution in [0.4, 0.5) is 0 Å². The Kier molecular flexibility index (Phi) is 3.62. The summed E-state index contributed by atoms with van der Waals surface area (Å²) in [6.07, 6.45) is 4.58. The fourth-order valence-electron chi connectivity index (χ4n) is 1.22. The van der Waals surface area contributed by atoms with Gasteiger partial charge in [-0.05, 0) is 13.8 Å². The first-order chi connectivity index (χ1) is 9.00. The van der Waals surface area contributed by atoms with Gasteiger partial charge in [-0.1, -0.05) is 11.8 Å². The Hall–Kier alpha value is -2.20. The zero-order valence-electron chi connectivity index (χ0n) is 10.3. The van der Waals surface area contributed by atoms with Crippen molar-refractivity contribution in [3.8, 4) is 0 Å². The largest absolute Gasteiger partial charge is 0.480 e. The summed E-state index contributed by atoms with van der Waals surface area (Å²) in [6.45, 7) is 3.20. The van der Waals surface area contributed by atoms with Gasteiger partial charge in [-0.3, -0.25) is 4.79 Å². The minimum atomic E-state index is -1.02. The summed E-state index contributed by atoms with van der Waals surface area (Å²) >= 11 is 1.10. The van der Waals surface area contributed by atoms with Gasteiger partial charge in [0.15, 0.2) is 0 Å². The predicted molar refractivity (Wildman–Crippen MR) is 73.1 cm³/mol. The first kappa shape index (κ1) is 13.2. The molecule has 1 aromatic rings. The van der Waals surface area contributed by atoms with Crippen molar-refractivity contribution in [2.75, 3.05) is 0 Å². The normalized spacial score (nSPS) is 14.0. The standard InChI is InChI=1S/C12H10N4O2S/c1-12(2,11(17)18)19-10-9(15-3-4-16-10)8-5-13-7-14-6-8/h5-7H,1-2H3,(H,17,18). The van der Waals surface area contributed by atoms with Gasteiger partial charge >= 0.3 is 5.97 Å². The van der Waals surface area contributed by atoms with E-state index in [-0.39, 0.29) is 0 Å². The van der Waals surface area contributed by atoms with Crippen LogP contribution >= 0.6 is 11.8 Å². The van der Waals surface area contributed by atoms with E-state index in [1.165, 1.54) is 6.33 Å². The number of aliphatic carboxylic acids is 1. The molecule has 0 fully saturated rings. The summed E-state index contributed by atoms with van der Waals surface area (Å²) in [4.78, 5) is 27.1. The number of hydrogen-bond donors (Lipinski definition) is 1. The molecule has 0 saturated heterocycles. The van der Waals surface area contributed by atoms with Crippen molar-refractivity contribution >= 4 is 35.2 Å². The lowest BCUT2D eigenvalue weighted by Crippen LogP contribution is -2.27. The smallest absolute Gasteiger partial charge is 0.319 e. The molecule has 19 heavy (non-hydrogen) atoms. The molecule has 1 N–H and O–H groups in total. The third-order valence-electron chi connectivity index (χ3n) is 2.28. The highest BCUT2D eigenvalue weighted by atomic mass is 32.2. The van der Waals surface area contributed by atoms with E-state index in [1.54, 1.807) is 26.2 Å². The maximum absolute atomic E-state index is 11.2. The van der Waals surface area contributed by atoms with Crippen molar-refractivity contribution in [3.63, 3.8) is 0 Å². The highest BCUT2D eigenvalue weighted by molar-refractivity contribution is 8.05. The Balaban J connectivity index is 2.41. The quantitative estimate of drug-likeness (QED) is 0.901. The monoisotopic (exact) mass is 274 g/mol. The SMILES string of the molecule is CC(C)(SC1=C(c2cncnc2)N=C=C=N1)C(=O)O. The van der Waals surface area contributed by atoms with Crippen molar-refractivity contribution in [2.24, 2.45) is 9.98 Å². The van der Waals surface area contributed by atoms with Crippen molar-refractivity contribution in [1.29, 1.82) is 0 Å². The molecule has 7 heteroatoms. The van der Waals surface area contributed by atoms with Gasteiger partial charge in [-0.2, -0.15) is 9.98 Å². The molecular formula is C12H10N4O2S. The van der Waals surface area contributed by atoms with Crippen molar-refractivity contribution in [2.45, 2.75) is 18.6 Å². The van der Waals surface area contributed by atoms with Gasteiger partial charge < -0.3 is 5.11 Å². The number of nitrogens with zero attached hydrogens (tertiary/aromatic N) is 4. The lowest BCUT2D eigenvalue weighted by molar-refractivity contribution is -0.138. The van der Waals surface area contributed by atoms with Crippen LogP contribution in [0.25, 0.3) is 5.70 Å². The summed E-state index contributed by atoms with van der Waals surface area (Å²) in [5.41, 5.74) is 1.16. The molecule has 96 valence electrons. The van der Waals surface area contributed by atoms with E-state index >= 15 is 0 Å². The van der Waals surface area contributed by atoms with Crippen LogP contribution in [0.2, 0.25) is 0 Å². The van der Waals surface area contributed by atoms with Gasteiger partial charge in [-0.25, -0.2) is 9.97 Å². The molecular weight excluding hydrogens is 264 g/mol. The molecule has 1 aliphatic rings. The molecule has 0 aromatic carbocycles. The predicted octanol–water partition coefficient (Wildman–Crippen LogP) is 1.61. The molecule has 0 amide bonds. The lowest BCUT2D eigenvalue weighted by atomic mass is 10.2. The highest BCUT2D eigenvalue weighted by Gasteiger charge is 2.31. The molecule has 1 aliphatic heterocycles. The molecule has 1 aromatic heterocycles. The van der Waals surface area contributed by atoms with Crippen LogP contribution in [-0.2, 0) is 4.79 Å². The van der Waals surface area contributed by atoms with Gasteiger partial charge in [0.2, 0.25) is 0 Å². The topological polar surface area (TPSA) is 87.8 Å². The van der Waals surface area contributed by atoms with Crippen molar-refractivity contribution in [1.82, 2.24) is 9.97 Å². The molecule has 0 saturated carbocycles. The van der Waals surface area contributed by atoms with Crippen LogP contribution < -0.4 is 0 Å². The minimum absolute atomic E-state index is 0.459. The summed E-state index contributed by atoms with van der Waals surface area (Å²) in [5, 5.41) is 9.61. The van der Waals surface area contributed by atoms with E-state index in [1.807, 2.05) is 0 Å². The second kappa shape index (κ2) is 5.20. The summed E-state index contributed by atoms with van der Waals surface area (Å²) in [7, 11) is 0. The van der Waals surface area contributed by atoms with E-state index in [0.717, 1.165) is 11.8 Å². The van der Waals surface area contributed by atoms with E-state index in [4.69, 9.17) is 5.11 Å². The maximum Gasteiger partial charge on any atom is 0.319 e. The number of aromatic nitrogens is 2. The van der Waals surface area contributed by atoms with Crippen molar-refractivity contribution in [3.05, 3.63) is 29.3 Å². The average molecular weight is 274 g/mol. The number of thioether (sulfide) groups is 1. The number of hydrogen-bond acceptors (Lipinski definition) is 6. The molecule has 6 nitrogen and oxygen atoms in total. The first-order valence-electron chi connectivity index (χ1n) is 5.34. The van der Waals surface area contributed by atoms with Gasteiger partial charge in [0.25, 0.3) is 0 Å². The zero-order valence-corrected chi connectivity index (χ0v) is 11.1. The number of aliphatic imine (C=N–C) groups is 2. The molecule has 2 rings (SSSR count). The van der Waals surface area contributed by atoms with Gasteiger partial charge in [0, 0.05) is 18.0 Å². The Labute approximate surface area is 113 Å². The number of rotatable bonds is 4. The van der Waals surface area contributed by atoms with Gasteiger partial charge in [0.1, 0.15) is 21.8 Å². The number of carboxylic acids is 1. The van der Waals surface area contributed by atoms with E-state index in [2.05, 4.69) is 31.7 Å². The molecule has 0 aliphatic carbocycles. The van der Waals surface area contributed by atoms with E-state index < -0.39 is 10.7 Å². The highest BCUT2D eigenvalue weighted by Crippen LogP contribution is 2.37. The molecule has 0 bridgehead atoms. The lowest BCUT2D eigenvalue weighted by Gasteiger charge is -2.19. The number of carboxylic acid groups (broad SMARTS) is 1. The maximum atomic E-state index is 11.2. The molecule has 0 spiro atoms. The van der Waals surface area contributed by atoms with Crippen LogP contribution in [0.1, 0.15) is 19.4 Å². The Bertz CT molecular complexity index is 639. The third-order valence-corrected chi connectivity index (χ3v) is 3.44. The Morgan fingerprint density at radius 1 is 1.26 bits per heavy atom. The fraction of sp³-hybridized carbons (Fsp3) is 0.250. The zero-order chi connectivity index (χ0) is 13.9. The average Bonchev–Trinajstić information content (AvgIpc) is 2.40. The summed E-state index contributed by atoms with van der Waals surface area (Å²) < 4.78 is -1.02. The molecule has 0 radical (unpaired) electrons. The third kappa shape index (κ3) is 2.98. The molecule has 0 atom stereocenters. The Morgan fingerprint density at radius 3 is 2.53 bits per heavy atom. The van der Waals surface area contributed by atoms with E-state index in [9.17, 15) is 4.79 Å². The minimum Gasteiger partial charge on any atom is -0.480 e. The molecule has 0 unspecified atom stereocenters. The summed E-state index contributed by atoms with van der Waals surface area (Å²) in [5.74, 6) is 4.08. The fourth-order valence-corrected chi connectivity index (χ4v) is 2.15. The van der Waals surface area contributed by atoms with Crippen LogP contribution in [-0.4, -0.2) is 37.5 Å². The van der Waals surface area contributed by atoms with Crippen molar-refractivity contribution < 1.29 is 9.90 Å². The second-order valence-electron chi connectivity index (χ2n) is 4.15. The van der Waals surface area contributed by atoms with Gasteiger partial charge in [-0.15, -0.1) is 0 Å². The van der Waals surface area contributed by atoms with Crippen LogP contribution in [0.15, 0.2) is 33.7 Å². The van der Waals surface area contributed by atoms with Crippen LogP contribution in [0.3, 0.4) is 0 Å². The second-order valence-corrected chi connectivity index (χ2v) is 5.76. The first-order valence-corrected chi connectivity index (χ1v) is 6.16. The summed E-state index contributed by atoms with van der Waals surface area (Å²) in [6, 6.07) is 0. The number of carbonyl (C=O) groups is 1. The molecule has 2 heterocycles.